The van der Waals surface area contributed by atoms with Gasteiger partial charge in [-0.05, 0) is 41.8 Å². The maximum Gasteiger partial charge on any atom is 0.334 e. The van der Waals surface area contributed by atoms with Gasteiger partial charge in [0.1, 0.15) is 6.04 Å². The molecule has 0 saturated heterocycles. The number of aliphatic carboxylic acids is 1. The van der Waals surface area contributed by atoms with Crippen molar-refractivity contribution < 1.29 is 22.9 Å². The lowest BCUT2D eigenvalue weighted by Gasteiger charge is -2.34. The van der Waals surface area contributed by atoms with Gasteiger partial charge in [0, 0.05) is 0 Å². The Morgan fingerprint density at radius 3 is 2.31 bits per heavy atom. The molecule has 1 aliphatic carbocycles. The molecule has 134 valence electrons. The van der Waals surface area contributed by atoms with E-state index in [1.54, 1.807) is 61.5 Å². The van der Waals surface area contributed by atoms with Crippen LogP contribution >= 0.6 is 0 Å². The molecule has 0 spiro atoms. The fourth-order valence-corrected chi connectivity index (χ4v) is 4.08. The van der Waals surface area contributed by atoms with Gasteiger partial charge in [-0.2, -0.15) is 18.6 Å². The van der Waals surface area contributed by atoms with E-state index < -0.39 is 26.9 Å². The summed E-state index contributed by atoms with van der Waals surface area (Å²) in [5, 5.41) is 17.8. The number of hydrogen-bond donors (Lipinski definition) is 2. The summed E-state index contributed by atoms with van der Waals surface area (Å²) < 4.78 is 31.5. The van der Waals surface area contributed by atoms with E-state index >= 15 is 0 Å². The van der Waals surface area contributed by atoms with Crippen LogP contribution in [-0.4, -0.2) is 28.8 Å². The van der Waals surface area contributed by atoms with Crippen LogP contribution in [0.3, 0.4) is 0 Å². The number of allylic oxidation sites excluding steroid dienone is 1. The number of carboxylic acids is 1. The molecule has 3 rings (SSSR count). The minimum atomic E-state index is -5.05. The maximum absolute atomic E-state index is 12.2. The van der Waals surface area contributed by atoms with Crippen molar-refractivity contribution in [3.8, 4) is 0 Å². The van der Waals surface area contributed by atoms with E-state index in [1.165, 1.54) is 0 Å². The molecule has 0 aliphatic heterocycles. The van der Waals surface area contributed by atoms with Crippen molar-refractivity contribution >= 4 is 27.3 Å². The Morgan fingerprint density at radius 2 is 1.69 bits per heavy atom. The summed E-state index contributed by atoms with van der Waals surface area (Å²) >= 11 is 0. The number of fused-ring (bicyclic) bond motifs is 1. The zero-order valence-corrected chi connectivity index (χ0v) is 14.6. The summed E-state index contributed by atoms with van der Waals surface area (Å²) in [6.45, 7) is 1.59. The molecule has 2 unspecified atom stereocenters. The van der Waals surface area contributed by atoms with Crippen molar-refractivity contribution in [1.29, 1.82) is 0 Å². The van der Waals surface area contributed by atoms with Crippen LogP contribution in [0.15, 0.2) is 70.9 Å². The SMILES string of the molecule is CC1=CC(C(=O)O)(S(=O)(=O)O)C(N=Nc2ccccc2)c2ccccc21. The zero-order chi connectivity index (χ0) is 18.9. The van der Waals surface area contributed by atoms with E-state index in [-0.39, 0.29) is 0 Å². The minimum absolute atomic E-state index is 0.368. The summed E-state index contributed by atoms with van der Waals surface area (Å²) in [5.41, 5.74) is 1.88. The van der Waals surface area contributed by atoms with E-state index in [2.05, 4.69) is 10.2 Å². The smallest absolute Gasteiger partial charge is 0.334 e. The lowest BCUT2D eigenvalue weighted by Crippen LogP contribution is -2.50. The number of azo groups is 1. The van der Waals surface area contributed by atoms with Gasteiger partial charge in [0.2, 0.25) is 4.75 Å². The van der Waals surface area contributed by atoms with Gasteiger partial charge >= 0.3 is 5.97 Å². The van der Waals surface area contributed by atoms with Gasteiger partial charge in [0.15, 0.2) is 0 Å². The van der Waals surface area contributed by atoms with Crippen molar-refractivity contribution in [2.75, 3.05) is 0 Å². The molecule has 2 N–H and O–H groups in total. The molecule has 2 atom stereocenters. The second-order valence-electron chi connectivity index (χ2n) is 5.94. The molecule has 0 saturated carbocycles. The first kappa shape index (κ1) is 18.0. The molecule has 26 heavy (non-hydrogen) atoms. The Kier molecular flexibility index (Phi) is 4.47. The van der Waals surface area contributed by atoms with Crippen molar-refractivity contribution in [3.63, 3.8) is 0 Å². The largest absolute Gasteiger partial charge is 0.480 e. The molecule has 0 radical (unpaired) electrons. The molecular formula is C18H16N2O5S. The highest BCUT2D eigenvalue weighted by atomic mass is 32.2. The highest BCUT2D eigenvalue weighted by molar-refractivity contribution is 7.88. The second-order valence-corrected chi connectivity index (χ2v) is 7.57. The fourth-order valence-electron chi connectivity index (χ4n) is 3.08. The Bertz CT molecular complexity index is 1010. The van der Waals surface area contributed by atoms with Gasteiger partial charge in [-0.1, -0.05) is 42.5 Å². The lowest BCUT2D eigenvalue weighted by atomic mass is 9.81. The Morgan fingerprint density at radius 1 is 1.08 bits per heavy atom. The number of benzene rings is 2. The number of rotatable bonds is 4. The van der Waals surface area contributed by atoms with Crippen LogP contribution in [0, 0.1) is 0 Å². The third-order valence-electron chi connectivity index (χ3n) is 4.32. The Hall–Kier alpha value is -2.84. The Labute approximate surface area is 150 Å². The predicted octanol–water partition coefficient (Wildman–Crippen LogP) is 3.64. The standard InChI is InChI=1S/C18H16N2O5S/c1-12-11-18(17(21)22,26(23,24)25)16(15-10-6-5-9-14(12)15)20-19-13-7-3-2-4-8-13/h2-11,16H,1H3,(H,21,22)(H,23,24,25). The summed E-state index contributed by atoms with van der Waals surface area (Å²) in [6.07, 6.45) is 1.03. The third-order valence-corrected chi connectivity index (χ3v) is 5.69. The van der Waals surface area contributed by atoms with E-state index in [1.807, 2.05) is 0 Å². The highest BCUT2D eigenvalue weighted by Gasteiger charge is 2.58. The molecule has 0 heterocycles. The van der Waals surface area contributed by atoms with Gasteiger partial charge in [0.25, 0.3) is 10.1 Å². The predicted molar refractivity (Wildman–Crippen MR) is 95.7 cm³/mol. The molecule has 0 bridgehead atoms. The van der Waals surface area contributed by atoms with Crippen molar-refractivity contribution in [1.82, 2.24) is 0 Å². The van der Waals surface area contributed by atoms with Crippen LogP contribution in [0.4, 0.5) is 5.69 Å². The molecule has 2 aromatic carbocycles. The molecule has 2 aromatic rings. The summed E-state index contributed by atoms with van der Waals surface area (Å²) in [5.74, 6) is -1.72. The average molecular weight is 372 g/mol. The van der Waals surface area contributed by atoms with Crippen LogP contribution in [-0.2, 0) is 14.9 Å². The molecule has 8 heteroatoms. The summed E-state index contributed by atoms with van der Waals surface area (Å²) in [7, 11) is -5.05. The van der Waals surface area contributed by atoms with Gasteiger partial charge in [-0.3, -0.25) is 4.55 Å². The van der Waals surface area contributed by atoms with Crippen molar-refractivity contribution in [2.45, 2.75) is 17.7 Å². The van der Waals surface area contributed by atoms with Crippen LogP contribution in [0.1, 0.15) is 24.1 Å². The van der Waals surface area contributed by atoms with E-state index in [4.69, 9.17) is 0 Å². The minimum Gasteiger partial charge on any atom is -0.480 e. The van der Waals surface area contributed by atoms with E-state index in [9.17, 15) is 22.9 Å². The maximum atomic E-state index is 12.2. The van der Waals surface area contributed by atoms with E-state index in [0.717, 1.165) is 6.08 Å². The topological polar surface area (TPSA) is 116 Å². The molecule has 7 nitrogen and oxygen atoms in total. The molecule has 1 aliphatic rings. The molecule has 0 fully saturated rings. The Balaban J connectivity index is 2.27. The van der Waals surface area contributed by atoms with Crippen molar-refractivity contribution in [2.24, 2.45) is 10.2 Å². The first-order valence-electron chi connectivity index (χ1n) is 7.72. The van der Waals surface area contributed by atoms with Crippen LogP contribution in [0.25, 0.3) is 5.57 Å². The lowest BCUT2D eigenvalue weighted by molar-refractivity contribution is -0.139. The molecular weight excluding hydrogens is 356 g/mol. The zero-order valence-electron chi connectivity index (χ0n) is 13.8. The van der Waals surface area contributed by atoms with Crippen molar-refractivity contribution in [3.05, 3.63) is 71.8 Å². The van der Waals surface area contributed by atoms with E-state index in [0.29, 0.717) is 22.4 Å². The van der Waals surface area contributed by atoms with Crippen LogP contribution in [0.2, 0.25) is 0 Å². The molecule has 0 aromatic heterocycles. The monoisotopic (exact) mass is 372 g/mol. The van der Waals surface area contributed by atoms with Crippen LogP contribution < -0.4 is 0 Å². The number of carboxylic acid groups (broad SMARTS) is 1. The number of hydrogen-bond acceptors (Lipinski definition) is 5. The normalized spacial score (nSPS) is 22.7. The fraction of sp³-hybridized carbons (Fsp3) is 0.167. The summed E-state index contributed by atoms with van der Waals surface area (Å²) in [4.78, 5) is 12.0. The van der Waals surface area contributed by atoms with Gasteiger partial charge in [-0.15, -0.1) is 0 Å². The number of nitrogens with zero attached hydrogens (tertiary/aromatic N) is 2. The van der Waals surface area contributed by atoms with Gasteiger partial charge in [-0.25, -0.2) is 4.79 Å². The molecule has 0 amide bonds. The first-order valence-corrected chi connectivity index (χ1v) is 9.16. The van der Waals surface area contributed by atoms with Crippen LogP contribution in [0.5, 0.6) is 0 Å². The first-order chi connectivity index (χ1) is 12.3. The average Bonchev–Trinajstić information content (AvgIpc) is 2.60. The quantitative estimate of drug-likeness (QED) is 0.628. The highest BCUT2D eigenvalue weighted by Crippen LogP contribution is 2.46. The van der Waals surface area contributed by atoms with Gasteiger partial charge < -0.3 is 5.11 Å². The third kappa shape index (κ3) is 2.83. The second kappa shape index (κ2) is 6.47. The summed E-state index contributed by atoms with van der Waals surface area (Å²) in [6, 6.07) is 13.8. The number of carbonyl (C=O) groups is 1. The van der Waals surface area contributed by atoms with Gasteiger partial charge in [0.05, 0.1) is 5.69 Å².